The SMILES string of the molecule is Fc1cccc(-c2cnc3c(N4CCN(Cc5ccco5)CC4)nccn23)c1.O=C(O)C(F)(F)F.O=C(O)C(F)(F)F. The maximum Gasteiger partial charge on any atom is 0.490 e. The quantitative estimate of drug-likeness (QED) is 0.318. The average molecular weight is 605 g/mol. The zero-order valence-corrected chi connectivity index (χ0v) is 21.3. The minimum absolute atomic E-state index is 0.255. The molecule has 0 amide bonds. The number of rotatable bonds is 4. The lowest BCUT2D eigenvalue weighted by molar-refractivity contribution is -0.193. The van der Waals surface area contributed by atoms with Gasteiger partial charge in [0.25, 0.3) is 0 Å². The number of aromatic nitrogens is 3. The third-order valence-corrected chi connectivity index (χ3v) is 5.65. The van der Waals surface area contributed by atoms with E-state index >= 15 is 0 Å². The lowest BCUT2D eigenvalue weighted by Gasteiger charge is -2.34. The molecule has 2 N–H and O–H groups in total. The molecular weight excluding hydrogens is 583 g/mol. The number of aliphatic carboxylic acids is 2. The van der Waals surface area contributed by atoms with Crippen molar-refractivity contribution in [2.45, 2.75) is 18.9 Å². The predicted octanol–water partition coefficient (Wildman–Crippen LogP) is 4.72. The van der Waals surface area contributed by atoms with Crippen LogP contribution in [0.2, 0.25) is 0 Å². The molecule has 1 aliphatic rings. The minimum Gasteiger partial charge on any atom is -0.475 e. The fourth-order valence-corrected chi connectivity index (χ4v) is 3.73. The van der Waals surface area contributed by atoms with Crippen molar-refractivity contribution in [2.75, 3.05) is 31.1 Å². The highest BCUT2D eigenvalue weighted by molar-refractivity contribution is 5.73. The number of carboxylic acids is 2. The number of piperazine rings is 1. The molecule has 10 nitrogen and oxygen atoms in total. The van der Waals surface area contributed by atoms with Gasteiger partial charge in [0.2, 0.25) is 0 Å². The molecule has 1 aromatic carbocycles. The first kappa shape index (κ1) is 31.9. The Morgan fingerprint density at radius 3 is 2.05 bits per heavy atom. The monoisotopic (exact) mass is 605 g/mol. The van der Waals surface area contributed by atoms with Crippen molar-refractivity contribution >= 4 is 23.4 Å². The summed E-state index contributed by atoms with van der Waals surface area (Å²) in [6.07, 6.45) is -3.02. The molecule has 3 aromatic heterocycles. The first-order chi connectivity index (χ1) is 19.7. The molecule has 0 spiro atoms. The summed E-state index contributed by atoms with van der Waals surface area (Å²) in [5.41, 5.74) is 2.45. The Labute approximate surface area is 232 Å². The van der Waals surface area contributed by atoms with Gasteiger partial charge >= 0.3 is 24.3 Å². The standard InChI is InChI=1S/C21H20FN5O.2C2HF3O2/c22-17-4-1-3-16(13-17)19-14-24-21-20(23-6-7-27(19)21)26-10-8-25(9-11-26)15-18-5-2-12-28-18;2*3-2(4,5)1(6)7/h1-7,12-14H,8-11,15H2;2*(H,6,7). The number of carboxylic acid groups (broad SMARTS) is 2. The molecule has 42 heavy (non-hydrogen) atoms. The number of alkyl halides is 6. The minimum atomic E-state index is -5.08. The third-order valence-electron chi connectivity index (χ3n) is 5.65. The second kappa shape index (κ2) is 13.3. The maximum absolute atomic E-state index is 13.6. The number of anilines is 1. The van der Waals surface area contributed by atoms with Crippen molar-refractivity contribution in [1.29, 1.82) is 0 Å². The molecule has 0 radical (unpaired) electrons. The van der Waals surface area contributed by atoms with E-state index in [0.717, 1.165) is 61.2 Å². The Morgan fingerprint density at radius 2 is 1.52 bits per heavy atom. The van der Waals surface area contributed by atoms with E-state index in [2.05, 4.69) is 19.8 Å². The van der Waals surface area contributed by atoms with Gasteiger partial charge in [-0.05, 0) is 24.3 Å². The van der Waals surface area contributed by atoms with Crippen LogP contribution in [0.3, 0.4) is 0 Å². The fourth-order valence-electron chi connectivity index (χ4n) is 3.73. The van der Waals surface area contributed by atoms with Crippen LogP contribution in [-0.4, -0.2) is 80.0 Å². The van der Waals surface area contributed by atoms with E-state index in [4.69, 9.17) is 24.2 Å². The van der Waals surface area contributed by atoms with E-state index in [1.165, 1.54) is 12.1 Å². The van der Waals surface area contributed by atoms with Gasteiger partial charge in [0.1, 0.15) is 11.6 Å². The number of nitrogens with zero attached hydrogens (tertiary/aromatic N) is 5. The summed E-state index contributed by atoms with van der Waals surface area (Å²) in [6, 6.07) is 10.5. The van der Waals surface area contributed by atoms with Crippen LogP contribution in [0.5, 0.6) is 0 Å². The van der Waals surface area contributed by atoms with Crippen LogP contribution in [-0.2, 0) is 16.1 Å². The van der Waals surface area contributed by atoms with Gasteiger partial charge in [-0.15, -0.1) is 0 Å². The second-order valence-corrected chi connectivity index (χ2v) is 8.55. The molecule has 5 rings (SSSR count). The normalized spacial score (nSPS) is 14.0. The summed E-state index contributed by atoms with van der Waals surface area (Å²) in [4.78, 5) is 31.6. The van der Waals surface area contributed by atoms with E-state index < -0.39 is 24.3 Å². The molecular formula is C25H22F7N5O5. The fraction of sp³-hybridized carbons (Fsp3) is 0.280. The van der Waals surface area contributed by atoms with Crippen LogP contribution in [0.25, 0.3) is 16.9 Å². The lowest BCUT2D eigenvalue weighted by Crippen LogP contribution is -2.46. The highest BCUT2D eigenvalue weighted by Crippen LogP contribution is 2.26. The van der Waals surface area contributed by atoms with Gasteiger partial charge in [-0.25, -0.2) is 23.9 Å². The molecule has 0 saturated carbocycles. The predicted molar refractivity (Wildman–Crippen MR) is 132 cm³/mol. The smallest absolute Gasteiger partial charge is 0.475 e. The van der Waals surface area contributed by atoms with Gasteiger partial charge in [-0.2, -0.15) is 26.3 Å². The molecule has 17 heteroatoms. The topological polar surface area (TPSA) is 124 Å². The number of benzene rings is 1. The largest absolute Gasteiger partial charge is 0.490 e. The summed E-state index contributed by atoms with van der Waals surface area (Å²) in [6.45, 7) is 4.43. The van der Waals surface area contributed by atoms with Crippen molar-refractivity contribution in [3.8, 4) is 11.3 Å². The highest BCUT2D eigenvalue weighted by atomic mass is 19.4. The molecule has 4 heterocycles. The number of fused-ring (bicyclic) bond motifs is 1. The second-order valence-electron chi connectivity index (χ2n) is 8.55. The zero-order chi connectivity index (χ0) is 31.1. The van der Waals surface area contributed by atoms with Crippen molar-refractivity contribution in [1.82, 2.24) is 19.3 Å². The van der Waals surface area contributed by atoms with Crippen molar-refractivity contribution in [3.63, 3.8) is 0 Å². The van der Waals surface area contributed by atoms with Crippen LogP contribution in [0, 0.1) is 5.82 Å². The van der Waals surface area contributed by atoms with Crippen LogP contribution in [0.1, 0.15) is 5.76 Å². The Balaban J connectivity index is 0.000000289. The number of furan rings is 1. The molecule has 4 aromatic rings. The summed E-state index contributed by atoms with van der Waals surface area (Å²) in [5, 5.41) is 14.2. The van der Waals surface area contributed by atoms with Crippen molar-refractivity contribution < 1.29 is 55.0 Å². The number of halogens is 7. The number of hydrogen-bond acceptors (Lipinski definition) is 7. The van der Waals surface area contributed by atoms with Gasteiger partial charge in [0.15, 0.2) is 11.5 Å². The van der Waals surface area contributed by atoms with Gasteiger partial charge in [-0.3, -0.25) is 9.30 Å². The van der Waals surface area contributed by atoms with Gasteiger partial charge in [0.05, 0.1) is 24.7 Å². The molecule has 0 bridgehead atoms. The van der Waals surface area contributed by atoms with E-state index in [9.17, 15) is 30.7 Å². The Bertz CT molecular complexity index is 1460. The number of carbonyl (C=O) groups is 2. The molecule has 226 valence electrons. The number of hydrogen-bond donors (Lipinski definition) is 2. The molecule has 0 unspecified atom stereocenters. The van der Waals surface area contributed by atoms with Gasteiger partial charge < -0.3 is 19.5 Å². The molecule has 0 atom stereocenters. The Morgan fingerprint density at radius 1 is 0.905 bits per heavy atom. The third kappa shape index (κ3) is 8.66. The molecule has 0 aliphatic carbocycles. The average Bonchev–Trinajstić information content (AvgIpc) is 3.59. The summed E-state index contributed by atoms with van der Waals surface area (Å²) in [7, 11) is 0. The first-order valence-electron chi connectivity index (χ1n) is 11.8. The maximum atomic E-state index is 13.6. The van der Waals surface area contributed by atoms with Crippen LogP contribution in [0.4, 0.5) is 36.6 Å². The Hall–Kier alpha value is -4.67. The zero-order valence-electron chi connectivity index (χ0n) is 21.3. The van der Waals surface area contributed by atoms with E-state index in [1.807, 2.05) is 28.8 Å². The molecule has 1 saturated heterocycles. The van der Waals surface area contributed by atoms with Crippen molar-refractivity contribution in [3.05, 3.63) is 72.8 Å². The van der Waals surface area contributed by atoms with E-state index in [1.54, 1.807) is 24.7 Å². The van der Waals surface area contributed by atoms with E-state index in [0.29, 0.717) is 0 Å². The van der Waals surface area contributed by atoms with Gasteiger partial charge in [-0.1, -0.05) is 12.1 Å². The summed E-state index contributed by atoms with van der Waals surface area (Å²) >= 11 is 0. The van der Waals surface area contributed by atoms with Crippen LogP contribution < -0.4 is 4.90 Å². The van der Waals surface area contributed by atoms with Gasteiger partial charge in [0, 0.05) is 44.1 Å². The summed E-state index contributed by atoms with van der Waals surface area (Å²) < 4.78 is 84.5. The molecule has 1 fully saturated rings. The Kier molecular flexibility index (Phi) is 10.1. The summed E-state index contributed by atoms with van der Waals surface area (Å²) in [5.74, 6) is -3.92. The van der Waals surface area contributed by atoms with E-state index in [-0.39, 0.29) is 5.82 Å². The van der Waals surface area contributed by atoms with Crippen LogP contribution >= 0.6 is 0 Å². The first-order valence-corrected chi connectivity index (χ1v) is 11.8. The lowest BCUT2D eigenvalue weighted by atomic mass is 10.1. The molecule has 1 aliphatic heterocycles. The van der Waals surface area contributed by atoms with Crippen LogP contribution in [0.15, 0.2) is 65.7 Å². The highest BCUT2D eigenvalue weighted by Gasteiger charge is 2.38. The van der Waals surface area contributed by atoms with Crippen molar-refractivity contribution in [2.24, 2.45) is 0 Å². The number of imidazole rings is 1.